The summed E-state index contributed by atoms with van der Waals surface area (Å²) < 4.78 is 13.5. The van der Waals surface area contributed by atoms with Gasteiger partial charge in [-0.15, -0.1) is 0 Å². The molecule has 0 saturated carbocycles. The van der Waals surface area contributed by atoms with E-state index < -0.39 is 5.82 Å². The standard InChI is InChI=1S/C16H13FN4O/c17-12-6-2-4-8-14(12)21-15(22)9-18-16-11-5-1-3-7-13(11)19-10-20-16/h1-8,10H,9H2,(H,21,22)(H,18,19,20). The van der Waals surface area contributed by atoms with Gasteiger partial charge in [-0.3, -0.25) is 4.79 Å². The van der Waals surface area contributed by atoms with Crippen LogP contribution in [0.25, 0.3) is 10.9 Å². The Labute approximate surface area is 126 Å². The number of carbonyl (C=O) groups excluding carboxylic acids is 1. The minimum absolute atomic E-state index is 0.0185. The zero-order valence-electron chi connectivity index (χ0n) is 11.6. The van der Waals surface area contributed by atoms with Crippen molar-refractivity contribution in [2.45, 2.75) is 0 Å². The van der Waals surface area contributed by atoms with Crippen LogP contribution in [-0.2, 0) is 4.79 Å². The van der Waals surface area contributed by atoms with Gasteiger partial charge in [0.15, 0.2) is 0 Å². The molecule has 110 valence electrons. The number of hydrogen-bond donors (Lipinski definition) is 2. The van der Waals surface area contributed by atoms with Crippen LogP contribution in [-0.4, -0.2) is 22.4 Å². The molecule has 0 spiro atoms. The quantitative estimate of drug-likeness (QED) is 0.777. The van der Waals surface area contributed by atoms with Crippen LogP contribution in [0.15, 0.2) is 54.9 Å². The summed E-state index contributed by atoms with van der Waals surface area (Å²) in [6.45, 7) is -0.0185. The number of para-hydroxylation sites is 2. The Bertz CT molecular complexity index is 817. The van der Waals surface area contributed by atoms with E-state index in [1.54, 1.807) is 12.1 Å². The summed E-state index contributed by atoms with van der Waals surface area (Å²) in [6, 6.07) is 13.5. The number of fused-ring (bicyclic) bond motifs is 1. The number of rotatable bonds is 4. The molecule has 1 aromatic heterocycles. The van der Waals surface area contributed by atoms with Crippen molar-refractivity contribution >= 4 is 28.3 Å². The molecule has 2 N–H and O–H groups in total. The van der Waals surface area contributed by atoms with E-state index in [2.05, 4.69) is 20.6 Å². The molecule has 6 heteroatoms. The predicted octanol–water partition coefficient (Wildman–Crippen LogP) is 2.82. The minimum atomic E-state index is -0.469. The highest BCUT2D eigenvalue weighted by Crippen LogP contribution is 2.18. The van der Waals surface area contributed by atoms with Crippen molar-refractivity contribution in [2.75, 3.05) is 17.2 Å². The maximum Gasteiger partial charge on any atom is 0.243 e. The fourth-order valence-electron chi connectivity index (χ4n) is 2.07. The molecule has 0 aliphatic heterocycles. The van der Waals surface area contributed by atoms with Crippen molar-refractivity contribution in [3.63, 3.8) is 0 Å². The Kier molecular flexibility index (Phi) is 3.91. The van der Waals surface area contributed by atoms with E-state index in [1.807, 2.05) is 24.3 Å². The summed E-state index contributed by atoms with van der Waals surface area (Å²) in [5.74, 6) is -0.259. The zero-order chi connectivity index (χ0) is 15.4. The van der Waals surface area contributed by atoms with E-state index in [4.69, 9.17) is 0 Å². The molecule has 0 bridgehead atoms. The Balaban J connectivity index is 1.69. The van der Waals surface area contributed by atoms with Crippen LogP contribution < -0.4 is 10.6 Å². The fraction of sp³-hybridized carbons (Fsp3) is 0.0625. The molecule has 0 radical (unpaired) electrons. The SMILES string of the molecule is O=C(CNc1ncnc2ccccc12)Nc1ccccc1F. The molecule has 3 rings (SSSR count). The molecule has 1 heterocycles. The van der Waals surface area contributed by atoms with Crippen LogP contribution in [0.1, 0.15) is 0 Å². The highest BCUT2D eigenvalue weighted by molar-refractivity contribution is 5.95. The van der Waals surface area contributed by atoms with Gasteiger partial charge in [-0.25, -0.2) is 14.4 Å². The molecule has 2 aromatic carbocycles. The van der Waals surface area contributed by atoms with Gasteiger partial charge in [0.25, 0.3) is 0 Å². The highest BCUT2D eigenvalue weighted by atomic mass is 19.1. The van der Waals surface area contributed by atoms with Gasteiger partial charge >= 0.3 is 0 Å². The summed E-state index contributed by atoms with van der Waals surface area (Å²) in [5, 5.41) is 6.27. The average Bonchev–Trinajstić information content (AvgIpc) is 2.55. The lowest BCUT2D eigenvalue weighted by Crippen LogP contribution is -2.22. The third kappa shape index (κ3) is 3.01. The third-order valence-corrected chi connectivity index (χ3v) is 3.11. The maximum absolute atomic E-state index is 13.5. The topological polar surface area (TPSA) is 66.9 Å². The molecule has 0 aliphatic rings. The Hall–Kier alpha value is -3.02. The first-order valence-corrected chi connectivity index (χ1v) is 6.72. The predicted molar refractivity (Wildman–Crippen MR) is 83.1 cm³/mol. The second kappa shape index (κ2) is 6.17. The van der Waals surface area contributed by atoms with E-state index in [-0.39, 0.29) is 18.1 Å². The first-order valence-electron chi connectivity index (χ1n) is 6.72. The number of amides is 1. The van der Waals surface area contributed by atoms with E-state index in [0.717, 1.165) is 10.9 Å². The molecular formula is C16H13FN4O. The van der Waals surface area contributed by atoms with Crippen LogP contribution >= 0.6 is 0 Å². The number of nitrogens with one attached hydrogen (secondary N) is 2. The number of benzene rings is 2. The summed E-state index contributed by atoms with van der Waals surface area (Å²) in [7, 11) is 0. The molecular weight excluding hydrogens is 283 g/mol. The number of nitrogens with zero attached hydrogens (tertiary/aromatic N) is 2. The van der Waals surface area contributed by atoms with E-state index in [1.165, 1.54) is 18.5 Å². The molecule has 3 aromatic rings. The van der Waals surface area contributed by atoms with Gasteiger partial charge in [-0.1, -0.05) is 24.3 Å². The summed E-state index contributed by atoms with van der Waals surface area (Å²) in [6.07, 6.45) is 1.43. The second-order valence-electron chi connectivity index (χ2n) is 4.62. The number of hydrogen-bond acceptors (Lipinski definition) is 4. The molecule has 0 saturated heterocycles. The summed E-state index contributed by atoms with van der Waals surface area (Å²) >= 11 is 0. The Morgan fingerprint density at radius 1 is 1.05 bits per heavy atom. The molecule has 22 heavy (non-hydrogen) atoms. The smallest absolute Gasteiger partial charge is 0.243 e. The molecule has 1 amide bonds. The van der Waals surface area contributed by atoms with Crippen LogP contribution in [0.3, 0.4) is 0 Å². The molecule has 0 aliphatic carbocycles. The Morgan fingerprint density at radius 2 is 1.82 bits per heavy atom. The van der Waals surface area contributed by atoms with Crippen molar-refractivity contribution in [1.82, 2.24) is 9.97 Å². The van der Waals surface area contributed by atoms with Gasteiger partial charge in [0.05, 0.1) is 17.7 Å². The number of anilines is 2. The van der Waals surface area contributed by atoms with Crippen molar-refractivity contribution in [3.8, 4) is 0 Å². The van der Waals surface area contributed by atoms with Gasteiger partial charge in [-0.2, -0.15) is 0 Å². The van der Waals surface area contributed by atoms with Crippen LogP contribution in [0.4, 0.5) is 15.9 Å². The van der Waals surface area contributed by atoms with Crippen molar-refractivity contribution < 1.29 is 9.18 Å². The van der Waals surface area contributed by atoms with Gasteiger partial charge in [0.2, 0.25) is 5.91 Å². The zero-order valence-corrected chi connectivity index (χ0v) is 11.6. The normalized spacial score (nSPS) is 10.4. The first kappa shape index (κ1) is 13.9. The summed E-state index contributed by atoms with van der Waals surface area (Å²) in [4.78, 5) is 20.2. The summed E-state index contributed by atoms with van der Waals surface area (Å²) in [5.41, 5.74) is 0.941. The third-order valence-electron chi connectivity index (χ3n) is 3.11. The Morgan fingerprint density at radius 3 is 2.68 bits per heavy atom. The van der Waals surface area contributed by atoms with E-state index in [9.17, 15) is 9.18 Å². The van der Waals surface area contributed by atoms with Crippen LogP contribution in [0, 0.1) is 5.82 Å². The van der Waals surface area contributed by atoms with E-state index >= 15 is 0 Å². The maximum atomic E-state index is 13.5. The molecule has 0 fully saturated rings. The largest absolute Gasteiger partial charge is 0.360 e. The lowest BCUT2D eigenvalue weighted by atomic mass is 10.2. The van der Waals surface area contributed by atoms with Crippen molar-refractivity contribution in [2.24, 2.45) is 0 Å². The van der Waals surface area contributed by atoms with Gasteiger partial charge < -0.3 is 10.6 Å². The minimum Gasteiger partial charge on any atom is -0.360 e. The van der Waals surface area contributed by atoms with Crippen molar-refractivity contribution in [3.05, 3.63) is 60.7 Å². The molecule has 0 unspecified atom stereocenters. The number of carbonyl (C=O) groups is 1. The average molecular weight is 296 g/mol. The lowest BCUT2D eigenvalue weighted by molar-refractivity contribution is -0.114. The van der Waals surface area contributed by atoms with Gasteiger partial charge in [0.1, 0.15) is 18.0 Å². The molecule has 5 nitrogen and oxygen atoms in total. The van der Waals surface area contributed by atoms with Crippen molar-refractivity contribution in [1.29, 1.82) is 0 Å². The lowest BCUT2D eigenvalue weighted by Gasteiger charge is -2.09. The van der Waals surface area contributed by atoms with Gasteiger partial charge in [-0.05, 0) is 24.3 Å². The van der Waals surface area contributed by atoms with Gasteiger partial charge in [0, 0.05) is 5.39 Å². The number of halogens is 1. The second-order valence-corrected chi connectivity index (χ2v) is 4.62. The first-order chi connectivity index (χ1) is 10.7. The fourth-order valence-corrected chi connectivity index (χ4v) is 2.07. The monoisotopic (exact) mass is 296 g/mol. The van der Waals surface area contributed by atoms with Crippen LogP contribution in [0.2, 0.25) is 0 Å². The highest BCUT2D eigenvalue weighted by Gasteiger charge is 2.08. The molecule has 0 atom stereocenters. The number of aromatic nitrogens is 2. The van der Waals surface area contributed by atoms with E-state index in [0.29, 0.717) is 5.82 Å². The van der Waals surface area contributed by atoms with Crippen LogP contribution in [0.5, 0.6) is 0 Å².